The van der Waals surface area contributed by atoms with Gasteiger partial charge >= 0.3 is 5.97 Å². The summed E-state index contributed by atoms with van der Waals surface area (Å²) in [6, 6.07) is 14.3. The van der Waals surface area contributed by atoms with Gasteiger partial charge in [0.2, 0.25) is 0 Å². The molecule has 3 nitrogen and oxygen atoms in total. The molecule has 0 aromatic heterocycles. The van der Waals surface area contributed by atoms with Crippen LogP contribution in [0.2, 0.25) is 0 Å². The maximum atomic E-state index is 10.9. The minimum absolute atomic E-state index is 0. The number of aliphatic carboxylic acids is 1. The van der Waals surface area contributed by atoms with E-state index in [0.29, 0.717) is 0 Å². The normalized spacial score (nSPS) is 12.1. The highest BCUT2D eigenvalue weighted by molar-refractivity contribution is 5.86. The fourth-order valence-corrected chi connectivity index (χ4v) is 2.41. The molecular weight excluding hydrogens is 286 g/mol. The summed E-state index contributed by atoms with van der Waals surface area (Å²) in [5.74, 6) is -0.766. The van der Waals surface area contributed by atoms with E-state index in [2.05, 4.69) is 42.5 Å². The van der Waals surface area contributed by atoms with Crippen molar-refractivity contribution in [3.05, 3.63) is 48.0 Å². The molecule has 0 radical (unpaired) electrons. The van der Waals surface area contributed by atoms with Gasteiger partial charge < -0.3 is 5.11 Å². The van der Waals surface area contributed by atoms with E-state index in [0.717, 1.165) is 19.4 Å². The van der Waals surface area contributed by atoms with Crippen LogP contribution in [0.3, 0.4) is 0 Å². The fraction of sp³-hybridized carbons (Fsp3) is 0.353. The van der Waals surface area contributed by atoms with Gasteiger partial charge in [-0.1, -0.05) is 42.5 Å². The van der Waals surface area contributed by atoms with Crippen molar-refractivity contribution in [1.82, 2.24) is 4.90 Å². The highest BCUT2D eigenvalue weighted by Gasteiger charge is 2.15. The van der Waals surface area contributed by atoms with Gasteiger partial charge in [0, 0.05) is 0 Å². The summed E-state index contributed by atoms with van der Waals surface area (Å²) < 4.78 is 0. The molecule has 0 fully saturated rings. The van der Waals surface area contributed by atoms with Gasteiger partial charge in [0.25, 0.3) is 0 Å². The Hall–Kier alpha value is -1.58. The third-order valence-corrected chi connectivity index (χ3v) is 3.86. The van der Waals surface area contributed by atoms with Crippen LogP contribution in [0.1, 0.15) is 18.9 Å². The van der Waals surface area contributed by atoms with Gasteiger partial charge in [0.1, 0.15) is 6.04 Å². The first-order valence-corrected chi connectivity index (χ1v) is 6.99. The molecule has 0 saturated carbocycles. The van der Waals surface area contributed by atoms with Crippen molar-refractivity contribution in [1.29, 1.82) is 0 Å². The van der Waals surface area contributed by atoms with Gasteiger partial charge in [-0.2, -0.15) is 0 Å². The highest BCUT2D eigenvalue weighted by atomic mass is 35.5. The third kappa shape index (κ3) is 4.45. The summed E-state index contributed by atoms with van der Waals surface area (Å²) in [5, 5.41) is 11.5. The molecule has 2 rings (SSSR count). The fourth-order valence-electron chi connectivity index (χ4n) is 2.41. The van der Waals surface area contributed by atoms with Gasteiger partial charge in [-0.15, -0.1) is 12.4 Å². The first-order valence-electron chi connectivity index (χ1n) is 6.99. The molecule has 4 heteroatoms. The molecule has 0 aliphatic heterocycles. The Kier molecular flexibility index (Phi) is 6.66. The van der Waals surface area contributed by atoms with Crippen molar-refractivity contribution >= 4 is 29.1 Å². The summed E-state index contributed by atoms with van der Waals surface area (Å²) in [6.45, 7) is 2.51. The van der Waals surface area contributed by atoms with E-state index in [1.165, 1.54) is 16.3 Å². The average Bonchev–Trinajstić information content (AvgIpc) is 2.46. The third-order valence-electron chi connectivity index (χ3n) is 3.86. The van der Waals surface area contributed by atoms with Crippen molar-refractivity contribution in [3.63, 3.8) is 0 Å². The summed E-state index contributed by atoms with van der Waals surface area (Å²) in [5.41, 5.74) is 1.33. The van der Waals surface area contributed by atoms with Gasteiger partial charge in [-0.25, -0.2) is 0 Å². The van der Waals surface area contributed by atoms with Gasteiger partial charge in [-0.05, 0) is 49.7 Å². The summed E-state index contributed by atoms with van der Waals surface area (Å²) in [6.07, 6.45) is 1.93. The van der Waals surface area contributed by atoms with Gasteiger partial charge in [0.05, 0.1) is 0 Å². The number of halogens is 1. The lowest BCUT2D eigenvalue weighted by atomic mass is 10.0. The Balaban J connectivity index is 0.00000220. The zero-order chi connectivity index (χ0) is 14.5. The maximum Gasteiger partial charge on any atom is 0.320 e. The van der Waals surface area contributed by atoms with Crippen molar-refractivity contribution in [2.75, 3.05) is 13.6 Å². The second kappa shape index (κ2) is 8.01. The number of likely N-dealkylation sites (N-methyl/N-ethyl adjacent to an activating group) is 1. The van der Waals surface area contributed by atoms with Crippen LogP contribution in [0.5, 0.6) is 0 Å². The number of rotatable bonds is 6. The molecule has 0 heterocycles. The lowest BCUT2D eigenvalue weighted by Gasteiger charge is -2.20. The number of carboxylic acids is 1. The molecule has 0 bridgehead atoms. The van der Waals surface area contributed by atoms with E-state index in [-0.39, 0.29) is 12.4 Å². The second-order valence-corrected chi connectivity index (χ2v) is 5.24. The molecular formula is C17H22ClNO2. The molecule has 0 spiro atoms. The van der Waals surface area contributed by atoms with E-state index in [4.69, 9.17) is 5.11 Å². The largest absolute Gasteiger partial charge is 0.480 e. The van der Waals surface area contributed by atoms with Crippen molar-refractivity contribution in [3.8, 4) is 0 Å². The average molecular weight is 308 g/mol. The Morgan fingerprint density at radius 1 is 1.19 bits per heavy atom. The molecule has 2 aromatic carbocycles. The maximum absolute atomic E-state index is 10.9. The number of aryl methyl sites for hydroxylation is 1. The first kappa shape index (κ1) is 17.5. The molecule has 0 aliphatic carbocycles. The molecule has 21 heavy (non-hydrogen) atoms. The molecule has 1 N–H and O–H groups in total. The van der Waals surface area contributed by atoms with Crippen LogP contribution in [0.15, 0.2) is 42.5 Å². The Morgan fingerprint density at radius 3 is 2.57 bits per heavy atom. The number of carbonyl (C=O) groups is 1. The SMILES string of the molecule is CC(C(=O)O)N(C)CCCc1cccc2ccccc12.Cl. The van der Waals surface area contributed by atoms with E-state index in [9.17, 15) is 4.79 Å². The number of nitrogens with zero attached hydrogens (tertiary/aromatic N) is 1. The van der Waals surface area contributed by atoms with Crippen LogP contribution in [-0.2, 0) is 11.2 Å². The number of carboxylic acid groups (broad SMARTS) is 1. The van der Waals surface area contributed by atoms with Crippen LogP contribution >= 0.6 is 12.4 Å². The van der Waals surface area contributed by atoms with E-state index in [1.807, 2.05) is 11.9 Å². The minimum Gasteiger partial charge on any atom is -0.480 e. The van der Waals surface area contributed by atoms with Crippen LogP contribution < -0.4 is 0 Å². The zero-order valence-electron chi connectivity index (χ0n) is 12.5. The molecule has 0 saturated heterocycles. The van der Waals surface area contributed by atoms with Crippen LogP contribution in [-0.4, -0.2) is 35.6 Å². The standard InChI is InChI=1S/C17H21NO2.ClH/c1-13(17(19)20)18(2)12-6-10-15-9-5-8-14-7-3-4-11-16(14)15;/h3-5,7-9,11,13H,6,10,12H2,1-2H3,(H,19,20);1H. The monoisotopic (exact) mass is 307 g/mol. The van der Waals surface area contributed by atoms with Gasteiger partial charge in [-0.3, -0.25) is 9.69 Å². The van der Waals surface area contributed by atoms with Crippen LogP contribution in [0, 0.1) is 0 Å². The second-order valence-electron chi connectivity index (χ2n) is 5.24. The van der Waals surface area contributed by atoms with Gasteiger partial charge in [0.15, 0.2) is 0 Å². The van der Waals surface area contributed by atoms with E-state index < -0.39 is 12.0 Å². The number of hydrogen-bond donors (Lipinski definition) is 1. The van der Waals surface area contributed by atoms with Crippen molar-refractivity contribution < 1.29 is 9.90 Å². The lowest BCUT2D eigenvalue weighted by molar-refractivity contribution is -0.142. The number of fused-ring (bicyclic) bond motifs is 1. The topological polar surface area (TPSA) is 40.5 Å². The predicted octanol–water partition coefficient (Wildman–Crippen LogP) is 3.60. The van der Waals surface area contributed by atoms with E-state index in [1.54, 1.807) is 6.92 Å². The first-order chi connectivity index (χ1) is 9.59. The summed E-state index contributed by atoms with van der Waals surface area (Å²) in [4.78, 5) is 12.8. The molecule has 114 valence electrons. The van der Waals surface area contributed by atoms with Crippen LogP contribution in [0.25, 0.3) is 10.8 Å². The molecule has 1 unspecified atom stereocenters. The lowest BCUT2D eigenvalue weighted by Crippen LogP contribution is -2.36. The quantitative estimate of drug-likeness (QED) is 0.886. The summed E-state index contributed by atoms with van der Waals surface area (Å²) in [7, 11) is 1.86. The smallest absolute Gasteiger partial charge is 0.320 e. The molecule has 2 aromatic rings. The number of benzene rings is 2. The Labute approximate surface area is 132 Å². The minimum atomic E-state index is -0.766. The molecule has 1 atom stereocenters. The number of hydrogen-bond acceptors (Lipinski definition) is 2. The molecule has 0 amide bonds. The highest BCUT2D eigenvalue weighted by Crippen LogP contribution is 2.19. The zero-order valence-corrected chi connectivity index (χ0v) is 13.3. The predicted molar refractivity (Wildman–Crippen MR) is 89.2 cm³/mol. The van der Waals surface area contributed by atoms with Crippen molar-refractivity contribution in [2.45, 2.75) is 25.8 Å². The summed E-state index contributed by atoms with van der Waals surface area (Å²) >= 11 is 0. The molecule has 0 aliphatic rings. The van der Waals surface area contributed by atoms with Crippen molar-refractivity contribution in [2.24, 2.45) is 0 Å². The van der Waals surface area contributed by atoms with E-state index >= 15 is 0 Å². The Morgan fingerprint density at radius 2 is 1.86 bits per heavy atom. The Bertz CT molecular complexity index is 595. The van der Waals surface area contributed by atoms with Crippen LogP contribution in [0.4, 0.5) is 0 Å².